The average molecular weight is 283 g/mol. The second-order valence-electron chi connectivity index (χ2n) is 5.78. The van der Waals surface area contributed by atoms with Crippen LogP contribution in [0.1, 0.15) is 26.3 Å². The highest BCUT2D eigenvalue weighted by Crippen LogP contribution is 2.32. The first-order valence-electron chi connectivity index (χ1n) is 6.05. The minimum absolute atomic E-state index is 0.200. The van der Waals surface area contributed by atoms with Gasteiger partial charge in [0.25, 0.3) is 5.91 Å². The summed E-state index contributed by atoms with van der Waals surface area (Å²) < 4.78 is 12.3. The van der Waals surface area contributed by atoms with E-state index in [-0.39, 0.29) is 5.75 Å². The zero-order chi connectivity index (χ0) is 14.8. The summed E-state index contributed by atoms with van der Waals surface area (Å²) in [6.07, 6.45) is 0. The van der Waals surface area contributed by atoms with Gasteiger partial charge in [0.05, 0.1) is 16.6 Å². The molecule has 3 N–H and O–H groups in total. The van der Waals surface area contributed by atoms with E-state index >= 15 is 0 Å². The van der Waals surface area contributed by atoms with Crippen LogP contribution in [0.2, 0.25) is 0 Å². The van der Waals surface area contributed by atoms with Crippen molar-refractivity contribution in [2.75, 3.05) is 5.75 Å². The molecule has 0 bridgehead atoms. The Labute approximate surface area is 116 Å². The molecule has 1 rings (SSSR count). The summed E-state index contributed by atoms with van der Waals surface area (Å²) >= 11 is 0. The highest BCUT2D eigenvalue weighted by molar-refractivity contribution is 7.85. The number of aliphatic hydroxyl groups is 1. The van der Waals surface area contributed by atoms with E-state index in [4.69, 9.17) is 5.73 Å². The van der Waals surface area contributed by atoms with Gasteiger partial charge in [-0.1, -0.05) is 38.5 Å². The van der Waals surface area contributed by atoms with Crippen molar-refractivity contribution in [3.63, 3.8) is 0 Å². The van der Waals surface area contributed by atoms with E-state index in [0.29, 0.717) is 4.90 Å². The van der Waals surface area contributed by atoms with Crippen LogP contribution >= 0.6 is 0 Å². The predicted octanol–water partition coefficient (Wildman–Crippen LogP) is 1.37. The van der Waals surface area contributed by atoms with Crippen LogP contribution < -0.4 is 5.73 Å². The minimum atomic E-state index is -1.80. The van der Waals surface area contributed by atoms with Crippen molar-refractivity contribution in [2.45, 2.75) is 38.2 Å². The molecule has 0 spiro atoms. The van der Waals surface area contributed by atoms with Crippen molar-refractivity contribution in [1.29, 1.82) is 0 Å². The molecule has 1 unspecified atom stereocenters. The molecule has 4 nitrogen and oxygen atoms in total. The Hall–Kier alpha value is -1.20. The predicted molar refractivity (Wildman–Crippen MR) is 76.1 cm³/mol. The number of nitrogens with two attached hydrogens (primary N) is 1. The number of rotatable bonds is 4. The third-order valence-corrected chi connectivity index (χ3v) is 4.75. The van der Waals surface area contributed by atoms with Crippen LogP contribution in [-0.2, 0) is 15.6 Å². The average Bonchev–Trinajstić information content (AvgIpc) is 2.27. The summed E-state index contributed by atoms with van der Waals surface area (Å²) in [7, 11) is -1.48. The van der Waals surface area contributed by atoms with Crippen LogP contribution in [0.3, 0.4) is 0 Å². The van der Waals surface area contributed by atoms with Gasteiger partial charge in [0.1, 0.15) is 0 Å². The summed E-state index contributed by atoms with van der Waals surface area (Å²) in [4.78, 5) is 12.1. The number of aryl methyl sites for hydroxylation is 1. The summed E-state index contributed by atoms with van der Waals surface area (Å²) in [5.74, 6) is -1.05. The van der Waals surface area contributed by atoms with Crippen molar-refractivity contribution < 1.29 is 14.1 Å². The van der Waals surface area contributed by atoms with Crippen LogP contribution in [0.5, 0.6) is 0 Å². The Bertz CT molecular complexity index is 490. The van der Waals surface area contributed by atoms with E-state index in [2.05, 4.69) is 0 Å². The maximum Gasteiger partial charge on any atom is 0.250 e. The molecule has 0 aromatic heterocycles. The number of hydrogen-bond acceptors (Lipinski definition) is 3. The number of carbonyl (C=O) groups is 1. The summed E-state index contributed by atoms with van der Waals surface area (Å²) in [5, 5.41) is 10.4. The van der Waals surface area contributed by atoms with Crippen LogP contribution in [0.4, 0.5) is 0 Å². The first-order valence-corrected chi connectivity index (χ1v) is 7.37. The van der Waals surface area contributed by atoms with Crippen molar-refractivity contribution in [3.8, 4) is 0 Å². The normalized spacial score (nSPS) is 16.7. The summed E-state index contributed by atoms with van der Waals surface area (Å²) in [6.45, 7) is 7.03. The van der Waals surface area contributed by atoms with Gasteiger partial charge in [-0.2, -0.15) is 0 Å². The third-order valence-electron chi connectivity index (χ3n) is 3.27. The van der Waals surface area contributed by atoms with Crippen LogP contribution in [0.25, 0.3) is 0 Å². The molecule has 1 aromatic carbocycles. The third kappa shape index (κ3) is 3.42. The lowest BCUT2D eigenvalue weighted by atomic mass is 9.77. The van der Waals surface area contributed by atoms with E-state index in [1.54, 1.807) is 32.9 Å². The van der Waals surface area contributed by atoms with E-state index in [1.165, 1.54) is 0 Å². The molecule has 0 saturated carbocycles. The Kier molecular flexibility index (Phi) is 4.53. The molecule has 0 aliphatic heterocycles. The molecule has 0 heterocycles. The van der Waals surface area contributed by atoms with Crippen LogP contribution in [0.15, 0.2) is 29.2 Å². The maximum atomic E-state index is 12.3. The van der Waals surface area contributed by atoms with Gasteiger partial charge in [-0.05, 0) is 19.1 Å². The molecular weight excluding hydrogens is 262 g/mol. The zero-order valence-electron chi connectivity index (χ0n) is 11.8. The molecule has 1 aromatic rings. The lowest BCUT2D eigenvalue weighted by Gasteiger charge is -2.36. The zero-order valence-corrected chi connectivity index (χ0v) is 12.6. The first kappa shape index (κ1) is 15.9. The molecule has 2 atom stereocenters. The molecule has 0 saturated heterocycles. The molecule has 5 heteroatoms. The fraction of sp³-hybridized carbons (Fsp3) is 0.500. The van der Waals surface area contributed by atoms with Gasteiger partial charge in [0.2, 0.25) is 0 Å². The first-order chi connectivity index (χ1) is 8.58. The number of amides is 1. The molecular formula is C14H21NO3S. The summed E-state index contributed by atoms with van der Waals surface area (Å²) in [6, 6.07) is 7.15. The monoisotopic (exact) mass is 283 g/mol. The topological polar surface area (TPSA) is 80.4 Å². The standard InChI is InChI=1S/C14H21NO3S/c1-10-5-7-11(8-6-10)19(18)9-14(17,12(15)16)13(2,3)4/h5-8,17H,9H2,1-4H3,(H2,15,16)/t14-,19?/m1/s1. The lowest BCUT2D eigenvalue weighted by molar-refractivity contribution is -0.144. The highest BCUT2D eigenvalue weighted by atomic mass is 32.2. The van der Waals surface area contributed by atoms with E-state index in [1.807, 2.05) is 19.1 Å². The van der Waals surface area contributed by atoms with Crippen molar-refractivity contribution in [2.24, 2.45) is 11.1 Å². The minimum Gasteiger partial charge on any atom is -0.378 e. The van der Waals surface area contributed by atoms with Gasteiger partial charge >= 0.3 is 0 Å². The molecule has 106 valence electrons. The van der Waals surface area contributed by atoms with E-state index in [0.717, 1.165) is 5.56 Å². The fourth-order valence-electron chi connectivity index (χ4n) is 1.62. The van der Waals surface area contributed by atoms with Gasteiger partial charge in [-0.3, -0.25) is 9.00 Å². The van der Waals surface area contributed by atoms with E-state index < -0.39 is 27.7 Å². The van der Waals surface area contributed by atoms with Gasteiger partial charge in [0.15, 0.2) is 5.60 Å². The smallest absolute Gasteiger partial charge is 0.250 e. The number of benzene rings is 1. The molecule has 0 aliphatic rings. The Balaban J connectivity index is 3.02. The second kappa shape index (κ2) is 5.43. The Morgan fingerprint density at radius 1 is 1.26 bits per heavy atom. The highest BCUT2D eigenvalue weighted by Gasteiger charge is 2.47. The fourth-order valence-corrected chi connectivity index (χ4v) is 3.18. The van der Waals surface area contributed by atoms with Gasteiger partial charge < -0.3 is 10.8 Å². The molecule has 1 amide bonds. The quantitative estimate of drug-likeness (QED) is 0.875. The van der Waals surface area contributed by atoms with Crippen LogP contribution in [0, 0.1) is 12.3 Å². The van der Waals surface area contributed by atoms with Crippen LogP contribution in [-0.4, -0.2) is 26.6 Å². The molecule has 0 fully saturated rings. The van der Waals surface area contributed by atoms with Crippen molar-refractivity contribution >= 4 is 16.7 Å². The molecule has 19 heavy (non-hydrogen) atoms. The van der Waals surface area contributed by atoms with Crippen molar-refractivity contribution in [1.82, 2.24) is 0 Å². The van der Waals surface area contributed by atoms with E-state index in [9.17, 15) is 14.1 Å². The number of carbonyl (C=O) groups excluding carboxylic acids is 1. The van der Waals surface area contributed by atoms with Crippen molar-refractivity contribution in [3.05, 3.63) is 29.8 Å². The summed E-state index contributed by atoms with van der Waals surface area (Å²) in [5.41, 5.74) is 3.76. The molecule has 0 aliphatic carbocycles. The molecule has 0 radical (unpaired) electrons. The number of hydrogen-bond donors (Lipinski definition) is 2. The van der Waals surface area contributed by atoms with Gasteiger partial charge in [-0.15, -0.1) is 0 Å². The number of primary amides is 1. The Morgan fingerprint density at radius 2 is 1.74 bits per heavy atom. The largest absolute Gasteiger partial charge is 0.378 e. The van der Waals surface area contributed by atoms with Gasteiger partial charge in [-0.25, -0.2) is 0 Å². The Morgan fingerprint density at radius 3 is 2.11 bits per heavy atom. The SMILES string of the molecule is Cc1ccc(S(=O)C[C@@](O)(C(N)=O)C(C)(C)C)cc1. The second-order valence-corrected chi connectivity index (χ2v) is 7.23. The van der Waals surface area contributed by atoms with Gasteiger partial charge in [0, 0.05) is 10.3 Å². The lowest BCUT2D eigenvalue weighted by Crippen LogP contribution is -2.57. The maximum absolute atomic E-state index is 12.3.